The van der Waals surface area contributed by atoms with E-state index in [1.807, 2.05) is 42.5 Å². The van der Waals surface area contributed by atoms with Crippen molar-refractivity contribution in [3.63, 3.8) is 0 Å². The Hall–Kier alpha value is -1.71. The van der Waals surface area contributed by atoms with Crippen molar-refractivity contribution in [3.8, 4) is 0 Å². The highest BCUT2D eigenvalue weighted by molar-refractivity contribution is 6.09. The minimum Gasteiger partial charge on any atom is -0.349 e. The zero-order valence-corrected chi connectivity index (χ0v) is 10.6. The highest BCUT2D eigenvalue weighted by Gasteiger charge is 2.32. The van der Waals surface area contributed by atoms with Crippen molar-refractivity contribution in [1.82, 2.24) is 0 Å². The molecular formula is C15H16O3. The molecule has 0 N–H and O–H groups in total. The standard InChI is InChI=1S/C15H16O3/c1-17-15(18-2)10-6-9-13(11-15)14(16)12-7-4-3-5-8-12/h3-10H,11H2,1-2H3. The van der Waals surface area contributed by atoms with Crippen LogP contribution in [0, 0.1) is 0 Å². The van der Waals surface area contributed by atoms with Crippen molar-refractivity contribution in [1.29, 1.82) is 0 Å². The fraction of sp³-hybridized carbons (Fsp3) is 0.267. The van der Waals surface area contributed by atoms with Gasteiger partial charge in [-0.25, -0.2) is 0 Å². The Labute approximate surface area is 107 Å². The Morgan fingerprint density at radius 1 is 1.17 bits per heavy atom. The van der Waals surface area contributed by atoms with Crippen molar-refractivity contribution < 1.29 is 14.3 Å². The molecule has 3 heteroatoms. The van der Waals surface area contributed by atoms with Crippen LogP contribution in [0.15, 0.2) is 54.1 Å². The molecule has 0 unspecified atom stereocenters. The summed E-state index contributed by atoms with van der Waals surface area (Å²) in [5.74, 6) is -0.812. The molecule has 0 fully saturated rings. The van der Waals surface area contributed by atoms with Gasteiger partial charge in [0, 0.05) is 31.8 Å². The van der Waals surface area contributed by atoms with E-state index in [9.17, 15) is 4.79 Å². The largest absolute Gasteiger partial charge is 0.349 e. The molecule has 0 bridgehead atoms. The molecule has 0 amide bonds. The van der Waals surface area contributed by atoms with E-state index in [0.29, 0.717) is 17.6 Å². The van der Waals surface area contributed by atoms with E-state index < -0.39 is 5.79 Å². The summed E-state index contributed by atoms with van der Waals surface area (Å²) in [5, 5.41) is 0. The SMILES string of the molecule is COC1(OC)C=CC=C(C(=O)c2ccccc2)C1. The number of hydrogen-bond donors (Lipinski definition) is 0. The summed E-state index contributed by atoms with van der Waals surface area (Å²) in [4.78, 5) is 12.3. The quantitative estimate of drug-likeness (QED) is 0.603. The maximum atomic E-state index is 12.3. The van der Waals surface area contributed by atoms with Crippen LogP contribution >= 0.6 is 0 Å². The first-order valence-electron chi connectivity index (χ1n) is 5.79. The molecule has 1 aromatic rings. The van der Waals surface area contributed by atoms with Crippen molar-refractivity contribution in [3.05, 3.63) is 59.7 Å². The van der Waals surface area contributed by atoms with Gasteiger partial charge in [0.1, 0.15) is 0 Å². The van der Waals surface area contributed by atoms with Crippen LogP contribution in [0.1, 0.15) is 16.8 Å². The summed E-state index contributed by atoms with van der Waals surface area (Å²) >= 11 is 0. The summed E-state index contributed by atoms with van der Waals surface area (Å²) in [6.07, 6.45) is 5.84. The van der Waals surface area contributed by atoms with E-state index in [1.165, 1.54) is 0 Å². The van der Waals surface area contributed by atoms with Crippen LogP contribution in [-0.4, -0.2) is 25.8 Å². The first kappa shape index (κ1) is 12.7. The van der Waals surface area contributed by atoms with Gasteiger partial charge < -0.3 is 9.47 Å². The molecule has 1 aliphatic carbocycles. The van der Waals surface area contributed by atoms with Crippen molar-refractivity contribution >= 4 is 5.78 Å². The lowest BCUT2D eigenvalue weighted by Gasteiger charge is -2.30. The molecule has 18 heavy (non-hydrogen) atoms. The van der Waals surface area contributed by atoms with Gasteiger partial charge in [-0.15, -0.1) is 0 Å². The van der Waals surface area contributed by atoms with Crippen LogP contribution in [0.2, 0.25) is 0 Å². The lowest BCUT2D eigenvalue weighted by atomic mass is 9.93. The van der Waals surface area contributed by atoms with Gasteiger partial charge in [0.25, 0.3) is 0 Å². The lowest BCUT2D eigenvalue weighted by molar-refractivity contribution is -0.168. The second-order valence-electron chi connectivity index (χ2n) is 4.14. The predicted octanol–water partition coefficient (Wildman–Crippen LogP) is 2.74. The molecule has 0 atom stereocenters. The second kappa shape index (κ2) is 5.29. The van der Waals surface area contributed by atoms with Gasteiger partial charge in [-0.1, -0.05) is 42.5 Å². The first-order valence-corrected chi connectivity index (χ1v) is 5.79. The molecule has 0 saturated carbocycles. The number of benzene rings is 1. The number of Topliss-reactive ketones (excluding diaryl/α,β-unsaturated/α-hetero) is 1. The fourth-order valence-electron chi connectivity index (χ4n) is 1.99. The number of allylic oxidation sites excluding steroid dienone is 2. The van der Waals surface area contributed by atoms with E-state index in [0.717, 1.165) is 0 Å². The molecule has 0 spiro atoms. The zero-order chi connectivity index (χ0) is 13.0. The van der Waals surface area contributed by atoms with Crippen molar-refractivity contribution in [2.24, 2.45) is 0 Å². The molecular weight excluding hydrogens is 228 g/mol. The third-order valence-electron chi connectivity index (χ3n) is 3.10. The fourth-order valence-corrected chi connectivity index (χ4v) is 1.99. The maximum Gasteiger partial charge on any atom is 0.191 e. The summed E-state index contributed by atoms with van der Waals surface area (Å²) < 4.78 is 10.7. The third kappa shape index (κ3) is 2.42. The monoisotopic (exact) mass is 244 g/mol. The van der Waals surface area contributed by atoms with E-state index in [4.69, 9.17) is 9.47 Å². The van der Waals surface area contributed by atoms with Crippen LogP contribution in [0.5, 0.6) is 0 Å². The molecule has 3 nitrogen and oxygen atoms in total. The Morgan fingerprint density at radius 3 is 2.44 bits per heavy atom. The Balaban J connectivity index is 2.23. The summed E-state index contributed by atoms with van der Waals surface area (Å²) in [6, 6.07) is 9.21. The summed E-state index contributed by atoms with van der Waals surface area (Å²) in [5.41, 5.74) is 1.37. The van der Waals surface area contributed by atoms with Gasteiger partial charge in [0.05, 0.1) is 0 Å². The van der Waals surface area contributed by atoms with Crippen LogP contribution in [0.3, 0.4) is 0 Å². The van der Waals surface area contributed by atoms with Gasteiger partial charge in [-0.2, -0.15) is 0 Å². The minimum atomic E-state index is -0.825. The van der Waals surface area contributed by atoms with Gasteiger partial charge in [-0.3, -0.25) is 4.79 Å². The Morgan fingerprint density at radius 2 is 1.83 bits per heavy atom. The number of carbonyl (C=O) groups is 1. The first-order chi connectivity index (χ1) is 8.71. The van der Waals surface area contributed by atoms with Gasteiger partial charge in [0.15, 0.2) is 11.6 Å². The van der Waals surface area contributed by atoms with Gasteiger partial charge in [0.2, 0.25) is 0 Å². The number of carbonyl (C=O) groups excluding carboxylic acids is 1. The van der Waals surface area contributed by atoms with Crippen LogP contribution < -0.4 is 0 Å². The molecule has 1 aliphatic rings. The minimum absolute atomic E-state index is 0.0124. The number of rotatable bonds is 4. The highest BCUT2D eigenvalue weighted by atomic mass is 16.7. The van der Waals surface area contributed by atoms with E-state index in [2.05, 4.69) is 0 Å². The topological polar surface area (TPSA) is 35.5 Å². The van der Waals surface area contributed by atoms with E-state index in [1.54, 1.807) is 20.3 Å². The maximum absolute atomic E-state index is 12.3. The molecule has 94 valence electrons. The molecule has 2 rings (SSSR count). The molecule has 0 radical (unpaired) electrons. The molecule has 0 saturated heterocycles. The normalized spacial score (nSPS) is 17.3. The number of hydrogen-bond acceptors (Lipinski definition) is 3. The molecule has 0 heterocycles. The lowest BCUT2D eigenvalue weighted by Crippen LogP contribution is -2.34. The Bertz CT molecular complexity index is 482. The van der Waals surface area contributed by atoms with Crippen LogP contribution in [-0.2, 0) is 9.47 Å². The average molecular weight is 244 g/mol. The van der Waals surface area contributed by atoms with Gasteiger partial charge in [-0.05, 0) is 6.08 Å². The van der Waals surface area contributed by atoms with Crippen LogP contribution in [0.4, 0.5) is 0 Å². The zero-order valence-electron chi connectivity index (χ0n) is 10.6. The van der Waals surface area contributed by atoms with E-state index >= 15 is 0 Å². The van der Waals surface area contributed by atoms with Crippen molar-refractivity contribution in [2.45, 2.75) is 12.2 Å². The van der Waals surface area contributed by atoms with Gasteiger partial charge >= 0.3 is 0 Å². The number of ether oxygens (including phenoxy) is 2. The molecule has 0 aromatic heterocycles. The number of methoxy groups -OCH3 is 2. The number of ketones is 1. The van der Waals surface area contributed by atoms with Crippen molar-refractivity contribution in [2.75, 3.05) is 14.2 Å². The smallest absolute Gasteiger partial charge is 0.191 e. The third-order valence-corrected chi connectivity index (χ3v) is 3.10. The predicted molar refractivity (Wildman–Crippen MR) is 69.4 cm³/mol. The second-order valence-corrected chi connectivity index (χ2v) is 4.14. The summed E-state index contributed by atoms with van der Waals surface area (Å²) in [6.45, 7) is 0. The average Bonchev–Trinajstić information content (AvgIpc) is 2.47. The summed E-state index contributed by atoms with van der Waals surface area (Å²) in [7, 11) is 3.15. The highest BCUT2D eigenvalue weighted by Crippen LogP contribution is 2.28. The van der Waals surface area contributed by atoms with E-state index in [-0.39, 0.29) is 5.78 Å². The van der Waals surface area contributed by atoms with Crippen LogP contribution in [0.25, 0.3) is 0 Å². The molecule has 0 aliphatic heterocycles. The Kier molecular flexibility index (Phi) is 3.75. The molecule has 1 aromatic carbocycles.